The van der Waals surface area contributed by atoms with Crippen molar-refractivity contribution >= 4 is 0 Å². The second-order valence-electron chi connectivity index (χ2n) is 3.49. The van der Waals surface area contributed by atoms with E-state index >= 15 is 0 Å². The van der Waals surface area contributed by atoms with Gasteiger partial charge in [-0.2, -0.15) is 0 Å². The second kappa shape index (κ2) is 9.44. The zero-order valence-corrected chi connectivity index (χ0v) is 10.3. The van der Waals surface area contributed by atoms with Crippen molar-refractivity contribution in [2.75, 3.05) is 53.5 Å². The Morgan fingerprint density at radius 2 is 1.64 bits per heavy atom. The summed E-state index contributed by atoms with van der Waals surface area (Å²) in [6.45, 7) is 11.0. The highest BCUT2D eigenvalue weighted by Crippen LogP contribution is 1.99. The Morgan fingerprint density at radius 1 is 1.07 bits per heavy atom. The Bertz CT molecular complexity index is 112. The average molecular weight is 202 g/mol. The van der Waals surface area contributed by atoms with Gasteiger partial charge in [-0.25, -0.2) is 0 Å². The molecule has 3 nitrogen and oxygen atoms in total. The summed E-state index contributed by atoms with van der Waals surface area (Å²) >= 11 is 0. The van der Waals surface area contributed by atoms with Gasteiger partial charge in [0, 0.05) is 46.4 Å². The molecular formula is C11H26N2O. The smallest absolute Gasteiger partial charge is 0.0474 e. The van der Waals surface area contributed by atoms with E-state index in [0.29, 0.717) is 0 Å². The third kappa shape index (κ3) is 6.35. The van der Waals surface area contributed by atoms with Crippen LogP contribution in [-0.2, 0) is 4.74 Å². The molecule has 1 rings (SSSR count). The Kier molecular flexibility index (Phi) is 9.35. The average Bonchev–Trinajstić information content (AvgIpc) is 2.24. The lowest BCUT2D eigenvalue weighted by atomic mass is 10.3. The lowest BCUT2D eigenvalue weighted by molar-refractivity contribution is 0.131. The van der Waals surface area contributed by atoms with Gasteiger partial charge >= 0.3 is 0 Å². The molecule has 1 aliphatic heterocycles. The van der Waals surface area contributed by atoms with Gasteiger partial charge in [0.1, 0.15) is 0 Å². The van der Waals surface area contributed by atoms with Crippen LogP contribution in [0, 0.1) is 0 Å². The molecule has 3 heteroatoms. The van der Waals surface area contributed by atoms with Gasteiger partial charge in [-0.1, -0.05) is 13.8 Å². The number of hydrogen-bond acceptors (Lipinski definition) is 3. The SMILES string of the molecule is CC.COCCCN1CCN(C)CC1. The van der Waals surface area contributed by atoms with E-state index in [4.69, 9.17) is 4.74 Å². The van der Waals surface area contributed by atoms with Gasteiger partial charge in [0.15, 0.2) is 0 Å². The number of likely N-dealkylation sites (N-methyl/N-ethyl adjacent to an activating group) is 1. The van der Waals surface area contributed by atoms with Crippen LogP contribution in [0.3, 0.4) is 0 Å². The molecule has 0 aromatic carbocycles. The fourth-order valence-corrected chi connectivity index (χ4v) is 1.50. The first-order valence-corrected chi connectivity index (χ1v) is 5.73. The third-order valence-corrected chi connectivity index (χ3v) is 2.42. The first kappa shape index (κ1) is 13.9. The lowest BCUT2D eigenvalue weighted by Crippen LogP contribution is -2.44. The predicted octanol–water partition coefficient (Wildman–Crippen LogP) is 1.30. The molecule has 1 heterocycles. The van der Waals surface area contributed by atoms with Gasteiger partial charge in [0.25, 0.3) is 0 Å². The summed E-state index contributed by atoms with van der Waals surface area (Å²) in [5.74, 6) is 0. The van der Waals surface area contributed by atoms with Crippen LogP contribution in [0.4, 0.5) is 0 Å². The van der Waals surface area contributed by atoms with Crippen molar-refractivity contribution in [2.45, 2.75) is 20.3 Å². The van der Waals surface area contributed by atoms with Gasteiger partial charge in [-0.3, -0.25) is 0 Å². The highest BCUT2D eigenvalue weighted by atomic mass is 16.5. The van der Waals surface area contributed by atoms with Crippen LogP contribution in [0.25, 0.3) is 0 Å². The number of ether oxygens (including phenoxy) is 1. The minimum Gasteiger partial charge on any atom is -0.385 e. The van der Waals surface area contributed by atoms with Gasteiger partial charge in [0.05, 0.1) is 0 Å². The van der Waals surface area contributed by atoms with E-state index in [1.165, 1.54) is 39.1 Å². The van der Waals surface area contributed by atoms with Crippen molar-refractivity contribution in [2.24, 2.45) is 0 Å². The predicted molar refractivity (Wildman–Crippen MR) is 61.8 cm³/mol. The fourth-order valence-electron chi connectivity index (χ4n) is 1.50. The van der Waals surface area contributed by atoms with E-state index in [2.05, 4.69) is 16.8 Å². The lowest BCUT2D eigenvalue weighted by Gasteiger charge is -2.32. The van der Waals surface area contributed by atoms with Crippen molar-refractivity contribution in [1.82, 2.24) is 9.80 Å². The molecule has 1 saturated heterocycles. The summed E-state index contributed by atoms with van der Waals surface area (Å²) < 4.78 is 5.02. The van der Waals surface area contributed by atoms with Crippen LogP contribution < -0.4 is 0 Å². The van der Waals surface area contributed by atoms with Crippen LogP contribution in [-0.4, -0.2) is 63.3 Å². The zero-order valence-electron chi connectivity index (χ0n) is 10.3. The summed E-state index contributed by atoms with van der Waals surface area (Å²) in [6, 6.07) is 0. The molecule has 0 aliphatic carbocycles. The quantitative estimate of drug-likeness (QED) is 0.639. The molecule has 0 bridgehead atoms. The Morgan fingerprint density at radius 3 is 2.14 bits per heavy atom. The first-order valence-electron chi connectivity index (χ1n) is 5.73. The summed E-state index contributed by atoms with van der Waals surface area (Å²) in [5.41, 5.74) is 0. The summed E-state index contributed by atoms with van der Waals surface area (Å²) in [6.07, 6.45) is 1.17. The van der Waals surface area contributed by atoms with Crippen LogP contribution >= 0.6 is 0 Å². The molecule has 0 spiro atoms. The van der Waals surface area contributed by atoms with Crippen LogP contribution in [0.1, 0.15) is 20.3 Å². The first-order chi connectivity index (χ1) is 6.83. The fraction of sp³-hybridized carbons (Fsp3) is 1.00. The molecular weight excluding hydrogens is 176 g/mol. The molecule has 86 valence electrons. The van der Waals surface area contributed by atoms with E-state index in [1.807, 2.05) is 13.8 Å². The minimum absolute atomic E-state index is 0.895. The molecule has 0 aromatic rings. The Hall–Kier alpha value is -0.120. The molecule has 0 amide bonds. The molecule has 0 N–H and O–H groups in total. The van der Waals surface area contributed by atoms with E-state index in [0.717, 1.165) is 6.61 Å². The molecule has 0 radical (unpaired) electrons. The standard InChI is InChI=1S/C9H20N2O.C2H6/c1-10-5-7-11(8-6-10)4-3-9-12-2;1-2/h3-9H2,1-2H3;1-2H3. The third-order valence-electron chi connectivity index (χ3n) is 2.42. The Balaban J connectivity index is 0.000000791. The van der Waals surface area contributed by atoms with Crippen LogP contribution in [0.2, 0.25) is 0 Å². The normalized spacial score (nSPS) is 18.9. The maximum atomic E-state index is 5.02. The Labute approximate surface area is 89.0 Å². The van der Waals surface area contributed by atoms with Gasteiger partial charge in [-0.05, 0) is 13.5 Å². The van der Waals surface area contributed by atoms with E-state index < -0.39 is 0 Å². The monoisotopic (exact) mass is 202 g/mol. The highest BCUT2D eigenvalue weighted by Gasteiger charge is 2.12. The van der Waals surface area contributed by atoms with E-state index in [1.54, 1.807) is 7.11 Å². The van der Waals surface area contributed by atoms with Crippen molar-refractivity contribution < 1.29 is 4.74 Å². The van der Waals surface area contributed by atoms with E-state index in [-0.39, 0.29) is 0 Å². The summed E-state index contributed by atoms with van der Waals surface area (Å²) in [5, 5.41) is 0. The molecule has 0 aromatic heterocycles. The van der Waals surface area contributed by atoms with Gasteiger partial charge in [-0.15, -0.1) is 0 Å². The van der Waals surface area contributed by atoms with Crippen molar-refractivity contribution in [3.8, 4) is 0 Å². The van der Waals surface area contributed by atoms with Gasteiger partial charge < -0.3 is 14.5 Å². The minimum atomic E-state index is 0.895. The maximum absolute atomic E-state index is 5.02. The number of methoxy groups -OCH3 is 1. The van der Waals surface area contributed by atoms with E-state index in [9.17, 15) is 0 Å². The van der Waals surface area contributed by atoms with Crippen LogP contribution in [0.15, 0.2) is 0 Å². The van der Waals surface area contributed by atoms with Crippen LogP contribution in [0.5, 0.6) is 0 Å². The highest BCUT2D eigenvalue weighted by molar-refractivity contribution is 4.68. The number of nitrogens with zero attached hydrogens (tertiary/aromatic N) is 2. The zero-order chi connectivity index (χ0) is 10.8. The maximum Gasteiger partial charge on any atom is 0.0474 e. The largest absolute Gasteiger partial charge is 0.385 e. The molecule has 0 saturated carbocycles. The number of rotatable bonds is 4. The van der Waals surface area contributed by atoms with Gasteiger partial charge in [0.2, 0.25) is 0 Å². The molecule has 0 unspecified atom stereocenters. The number of hydrogen-bond donors (Lipinski definition) is 0. The second-order valence-corrected chi connectivity index (χ2v) is 3.49. The summed E-state index contributed by atoms with van der Waals surface area (Å²) in [4.78, 5) is 4.89. The molecule has 0 atom stereocenters. The van der Waals surface area contributed by atoms with Crippen molar-refractivity contribution in [3.63, 3.8) is 0 Å². The number of piperazine rings is 1. The van der Waals surface area contributed by atoms with Crippen molar-refractivity contribution in [1.29, 1.82) is 0 Å². The topological polar surface area (TPSA) is 15.7 Å². The summed E-state index contributed by atoms with van der Waals surface area (Å²) in [7, 11) is 3.95. The van der Waals surface area contributed by atoms with Crippen molar-refractivity contribution in [3.05, 3.63) is 0 Å². The molecule has 14 heavy (non-hydrogen) atoms. The molecule has 1 fully saturated rings. The molecule has 1 aliphatic rings.